The molecule has 0 bridgehead atoms. The van der Waals surface area contributed by atoms with Gasteiger partial charge in [-0.05, 0) is 49.9 Å². The second-order valence-electron chi connectivity index (χ2n) is 7.55. The van der Waals surface area contributed by atoms with Crippen molar-refractivity contribution in [3.63, 3.8) is 0 Å². The Morgan fingerprint density at radius 3 is 2.24 bits per heavy atom. The third kappa shape index (κ3) is 7.49. The van der Waals surface area contributed by atoms with Crippen molar-refractivity contribution in [3.8, 4) is 0 Å². The van der Waals surface area contributed by atoms with Crippen LogP contribution in [0.25, 0.3) is 0 Å². The first-order valence-corrected chi connectivity index (χ1v) is 10.6. The van der Waals surface area contributed by atoms with Gasteiger partial charge in [-0.3, -0.25) is 4.79 Å². The molecule has 2 aromatic carbocycles. The summed E-state index contributed by atoms with van der Waals surface area (Å²) in [6, 6.07) is 10.5. The van der Waals surface area contributed by atoms with Gasteiger partial charge in [0.1, 0.15) is 0 Å². The van der Waals surface area contributed by atoms with Gasteiger partial charge in [0.25, 0.3) is 0 Å². The van der Waals surface area contributed by atoms with E-state index in [0.29, 0.717) is 17.7 Å². The molecule has 0 aliphatic heterocycles. The van der Waals surface area contributed by atoms with Gasteiger partial charge in [-0.1, -0.05) is 36.8 Å². The molecule has 2 N–H and O–H groups in total. The van der Waals surface area contributed by atoms with Crippen LogP contribution in [0.1, 0.15) is 55.4 Å². The van der Waals surface area contributed by atoms with Gasteiger partial charge < -0.3 is 20.1 Å². The molecule has 2 rings (SSSR count). The maximum absolute atomic E-state index is 13.7. The lowest BCUT2D eigenvalue weighted by Crippen LogP contribution is -2.27. The molecule has 0 aromatic heterocycles. The average molecular weight is 467 g/mol. The molecule has 33 heavy (non-hydrogen) atoms. The van der Waals surface area contributed by atoms with Crippen LogP contribution in [-0.4, -0.2) is 31.9 Å². The van der Waals surface area contributed by atoms with Crippen molar-refractivity contribution < 1.29 is 32.2 Å². The summed E-state index contributed by atoms with van der Waals surface area (Å²) in [6.45, 7) is 5.05. The number of carbonyl (C=O) groups is 2. The zero-order chi connectivity index (χ0) is 24.6. The molecule has 0 aliphatic carbocycles. The molecule has 9 heteroatoms. The number of methoxy groups -OCH3 is 1. The van der Waals surface area contributed by atoms with Gasteiger partial charge in [0.15, 0.2) is 6.10 Å². The van der Waals surface area contributed by atoms with E-state index >= 15 is 0 Å². The summed E-state index contributed by atoms with van der Waals surface area (Å²) in [5, 5.41) is 5.14. The quantitative estimate of drug-likeness (QED) is 0.423. The van der Waals surface area contributed by atoms with E-state index in [1.165, 1.54) is 32.2 Å². The lowest BCUT2D eigenvalue weighted by molar-refractivity contribution is -0.222. The summed E-state index contributed by atoms with van der Waals surface area (Å²) in [4.78, 5) is 24.4. The Morgan fingerprint density at radius 1 is 1.03 bits per heavy atom. The van der Waals surface area contributed by atoms with Crippen molar-refractivity contribution in [3.05, 3.63) is 59.2 Å². The summed E-state index contributed by atoms with van der Waals surface area (Å²) in [7, 11) is 1.27. The molecule has 0 radical (unpaired) electrons. The van der Waals surface area contributed by atoms with E-state index in [1.54, 1.807) is 24.3 Å². The van der Waals surface area contributed by atoms with Gasteiger partial charge in [-0.25, -0.2) is 4.79 Å². The molecule has 180 valence electrons. The minimum absolute atomic E-state index is 0.0452. The highest BCUT2D eigenvalue weighted by atomic mass is 19.4. The van der Waals surface area contributed by atoms with Crippen molar-refractivity contribution in [1.29, 1.82) is 0 Å². The van der Waals surface area contributed by atoms with Crippen LogP contribution in [0.2, 0.25) is 0 Å². The molecule has 2 amide bonds. The number of aryl methyl sites for hydroxylation is 1. The number of carbonyl (C=O) groups excluding carboxylic acids is 2. The van der Waals surface area contributed by atoms with Gasteiger partial charge in [0, 0.05) is 23.5 Å². The molecule has 0 aliphatic rings. The Morgan fingerprint density at radius 2 is 1.70 bits per heavy atom. The number of anilines is 2. The number of halogens is 3. The summed E-state index contributed by atoms with van der Waals surface area (Å²) in [5.74, 6) is -0.719. The molecular weight excluding hydrogens is 437 g/mol. The van der Waals surface area contributed by atoms with E-state index in [1.807, 2.05) is 13.8 Å². The Labute approximate surface area is 191 Å². The second kappa shape index (κ2) is 11.7. The molecule has 0 saturated heterocycles. The smallest absolute Gasteiger partial charge is 0.418 e. The molecule has 0 saturated carbocycles. The molecule has 0 heterocycles. The van der Waals surface area contributed by atoms with Crippen LogP contribution in [0.4, 0.5) is 29.3 Å². The molecule has 0 spiro atoms. The number of alkyl halides is 3. The number of hydrogen-bond acceptors (Lipinski definition) is 4. The predicted octanol–water partition coefficient (Wildman–Crippen LogP) is 6.34. The number of hydrogen-bond donors (Lipinski definition) is 2. The summed E-state index contributed by atoms with van der Waals surface area (Å²) < 4.78 is 50.9. The van der Waals surface area contributed by atoms with Gasteiger partial charge in [0.05, 0.1) is 13.5 Å². The third-order valence-corrected chi connectivity index (χ3v) is 5.15. The van der Waals surface area contributed by atoms with Crippen LogP contribution in [0, 0.1) is 6.92 Å². The van der Waals surface area contributed by atoms with Crippen molar-refractivity contribution in [2.24, 2.45) is 0 Å². The SMILES string of the molecule is CCOC(c1ccc(C(CC)CC(=O)OC)cc1NC(=O)Nc1ccc(C)cc1)C(F)(F)F. The molecule has 0 fully saturated rings. The summed E-state index contributed by atoms with van der Waals surface area (Å²) in [6.07, 6.45) is -6.28. The number of nitrogens with one attached hydrogen (secondary N) is 2. The number of amides is 2. The van der Waals surface area contributed by atoms with E-state index < -0.39 is 24.3 Å². The van der Waals surface area contributed by atoms with Crippen molar-refractivity contribution in [2.45, 2.75) is 51.8 Å². The van der Waals surface area contributed by atoms with E-state index in [2.05, 4.69) is 10.6 Å². The molecule has 2 aromatic rings. The monoisotopic (exact) mass is 466 g/mol. The fourth-order valence-corrected chi connectivity index (χ4v) is 3.40. The van der Waals surface area contributed by atoms with E-state index in [-0.39, 0.29) is 30.2 Å². The summed E-state index contributed by atoms with van der Waals surface area (Å²) >= 11 is 0. The highest BCUT2D eigenvalue weighted by molar-refractivity contribution is 6.00. The van der Waals surface area contributed by atoms with Crippen molar-refractivity contribution in [2.75, 3.05) is 24.4 Å². The number of urea groups is 1. The third-order valence-electron chi connectivity index (χ3n) is 5.15. The number of rotatable bonds is 9. The molecule has 2 unspecified atom stereocenters. The first kappa shape index (κ1) is 26.2. The minimum atomic E-state index is -4.68. The first-order chi connectivity index (χ1) is 15.6. The number of esters is 1. The zero-order valence-electron chi connectivity index (χ0n) is 19.1. The lowest BCUT2D eigenvalue weighted by atomic mass is 9.91. The maximum Gasteiger partial charge on any atom is 0.418 e. The van der Waals surface area contributed by atoms with Crippen LogP contribution in [-0.2, 0) is 14.3 Å². The summed E-state index contributed by atoms with van der Waals surface area (Å²) in [5.41, 5.74) is 1.83. The minimum Gasteiger partial charge on any atom is -0.469 e. The maximum atomic E-state index is 13.7. The second-order valence-corrected chi connectivity index (χ2v) is 7.55. The number of benzene rings is 2. The fraction of sp³-hybridized carbons (Fsp3) is 0.417. The zero-order valence-corrected chi connectivity index (χ0v) is 19.1. The topological polar surface area (TPSA) is 76.7 Å². The Hall–Kier alpha value is -3.07. The Bertz CT molecular complexity index is 946. The fourth-order valence-electron chi connectivity index (χ4n) is 3.40. The highest BCUT2D eigenvalue weighted by Gasteiger charge is 2.43. The standard InChI is InChI=1S/C24H29F3N2O4/c1-5-16(14-21(30)32-4)17-9-12-19(22(33-6-2)24(25,26)27)20(13-17)29-23(31)28-18-10-7-15(3)8-11-18/h7-13,16,22H,5-6,14H2,1-4H3,(H2,28,29,31). The molecular formula is C24H29F3N2O4. The van der Waals surface area contributed by atoms with Crippen molar-refractivity contribution in [1.82, 2.24) is 0 Å². The Kier molecular flexibility index (Phi) is 9.28. The van der Waals surface area contributed by atoms with Gasteiger partial charge in [-0.15, -0.1) is 0 Å². The van der Waals surface area contributed by atoms with Gasteiger partial charge in [0.2, 0.25) is 0 Å². The van der Waals surface area contributed by atoms with Crippen LogP contribution in [0.3, 0.4) is 0 Å². The molecule has 6 nitrogen and oxygen atoms in total. The van der Waals surface area contributed by atoms with Crippen LogP contribution >= 0.6 is 0 Å². The number of ether oxygens (including phenoxy) is 2. The lowest BCUT2D eigenvalue weighted by Gasteiger charge is -2.25. The highest BCUT2D eigenvalue weighted by Crippen LogP contribution is 2.40. The largest absolute Gasteiger partial charge is 0.469 e. The molecule has 2 atom stereocenters. The average Bonchev–Trinajstić information content (AvgIpc) is 2.76. The van der Waals surface area contributed by atoms with Gasteiger partial charge >= 0.3 is 18.2 Å². The Balaban J connectivity index is 2.43. The normalized spacial score (nSPS) is 13.2. The van der Waals surface area contributed by atoms with E-state index in [9.17, 15) is 22.8 Å². The van der Waals surface area contributed by atoms with Crippen LogP contribution in [0.5, 0.6) is 0 Å². The van der Waals surface area contributed by atoms with Crippen LogP contribution < -0.4 is 10.6 Å². The van der Waals surface area contributed by atoms with Crippen LogP contribution in [0.15, 0.2) is 42.5 Å². The predicted molar refractivity (Wildman–Crippen MR) is 120 cm³/mol. The van der Waals surface area contributed by atoms with Gasteiger partial charge in [-0.2, -0.15) is 13.2 Å². The van der Waals surface area contributed by atoms with Crippen molar-refractivity contribution >= 4 is 23.4 Å². The first-order valence-electron chi connectivity index (χ1n) is 10.6. The van der Waals surface area contributed by atoms with E-state index in [0.717, 1.165) is 5.56 Å². The van der Waals surface area contributed by atoms with E-state index in [4.69, 9.17) is 9.47 Å².